The van der Waals surface area contributed by atoms with Crippen molar-refractivity contribution in [2.75, 3.05) is 26.2 Å². The topological polar surface area (TPSA) is 234 Å². The normalized spacial score (nSPS) is 13.9. The van der Waals surface area contributed by atoms with E-state index in [1.165, 1.54) is 52.0 Å². The molecular formula is C24H36ClN4NaNi2O8. The molecule has 0 aliphatic rings. The third-order valence-corrected chi connectivity index (χ3v) is 3.29. The van der Waals surface area contributed by atoms with Gasteiger partial charge in [0.05, 0.1) is 26.2 Å². The van der Waals surface area contributed by atoms with Crippen molar-refractivity contribution >= 4 is 22.8 Å². The summed E-state index contributed by atoms with van der Waals surface area (Å²) in [5, 5.41) is 42.8. The Balaban J connectivity index is -0.000000116. The van der Waals surface area contributed by atoms with Crippen LogP contribution in [0.15, 0.2) is 67.3 Å². The first-order valence-corrected chi connectivity index (χ1v) is 12.1. The van der Waals surface area contributed by atoms with Gasteiger partial charge >= 0.3 is 62.5 Å². The Morgan fingerprint density at radius 1 is 0.450 bits per heavy atom. The Morgan fingerprint density at radius 2 is 0.575 bits per heavy atom. The van der Waals surface area contributed by atoms with Gasteiger partial charge in [-0.25, -0.2) is 18.6 Å². The molecule has 0 fully saturated rings. The summed E-state index contributed by atoms with van der Waals surface area (Å²) in [7, 11) is -4.94. The van der Waals surface area contributed by atoms with Crippen LogP contribution in [0.3, 0.4) is 0 Å². The molecule has 0 saturated heterocycles. The van der Waals surface area contributed by atoms with E-state index >= 15 is 0 Å². The average molecular weight is 684 g/mol. The first-order chi connectivity index (χ1) is 16.8. The molecule has 40 heavy (non-hydrogen) atoms. The molecule has 0 unspecified atom stereocenters. The van der Waals surface area contributed by atoms with Gasteiger partial charge in [0.25, 0.3) is 0 Å². The Bertz CT molecular complexity index is 772. The van der Waals surface area contributed by atoms with Gasteiger partial charge in [0.2, 0.25) is 0 Å². The van der Waals surface area contributed by atoms with Crippen molar-refractivity contribution in [3.05, 3.63) is 47.3 Å². The number of halogens is 1. The second-order valence-electron chi connectivity index (χ2n) is 7.49. The van der Waals surface area contributed by atoms with E-state index in [-0.39, 0.29) is 85.6 Å². The van der Waals surface area contributed by atoms with Crippen LogP contribution < -0.4 is 68.6 Å². The Hall–Kier alpha value is -1.04. The van der Waals surface area contributed by atoms with E-state index in [1.54, 1.807) is 27.7 Å². The molecule has 0 N–H and O–H groups in total. The van der Waals surface area contributed by atoms with Gasteiger partial charge in [0, 0.05) is 22.8 Å². The van der Waals surface area contributed by atoms with E-state index < -0.39 is 10.2 Å². The van der Waals surface area contributed by atoms with Gasteiger partial charge < -0.3 is 20.4 Å². The van der Waals surface area contributed by atoms with Crippen molar-refractivity contribution in [3.63, 3.8) is 0 Å². The second-order valence-corrected chi connectivity index (χ2v) is 8.25. The van der Waals surface area contributed by atoms with Crippen LogP contribution in [-0.4, -0.2) is 49.0 Å². The van der Waals surface area contributed by atoms with Gasteiger partial charge in [-0.15, -0.1) is 33.3 Å². The Kier molecular flexibility index (Phi) is 39.9. The van der Waals surface area contributed by atoms with E-state index in [1.807, 2.05) is 0 Å². The van der Waals surface area contributed by atoms with Gasteiger partial charge in [0.1, 0.15) is 0 Å². The van der Waals surface area contributed by atoms with Crippen molar-refractivity contribution in [2.24, 2.45) is 20.0 Å². The fraction of sp³-hybridized carbons (Fsp3) is 0.500. The van der Waals surface area contributed by atoms with E-state index in [4.69, 9.17) is 18.6 Å². The van der Waals surface area contributed by atoms with E-state index in [0.717, 1.165) is 0 Å². The van der Waals surface area contributed by atoms with Crippen LogP contribution in [0.4, 0.5) is 0 Å². The molecule has 0 aromatic rings. The standard InChI is InChI=1S/2C12H20N2O2.ClHO4.Na.2Ni/c2*1-9(7-11(3)15)13-5-6-14-10(2)8-12(4)16;2-1(3,4)5;;;/h2*7-8,15-16H,5-6H2,1-4H3;(H,2,3,4,5);;;/q;;;+1;2*+2/p-5/b2*11-7-,12-8-,13-9?,14-10?;;;;. The van der Waals surface area contributed by atoms with Gasteiger partial charge in [-0.1, -0.05) is 52.0 Å². The zero-order valence-corrected chi connectivity index (χ0v) is 28.9. The molecular weight excluding hydrogens is 648 g/mol. The minimum atomic E-state index is -4.94. The number of hydrogen-bond donors (Lipinski definition) is 0. The second kappa shape index (κ2) is 30.9. The van der Waals surface area contributed by atoms with Gasteiger partial charge in [-0.3, -0.25) is 20.0 Å². The summed E-state index contributed by atoms with van der Waals surface area (Å²) in [6.45, 7) is 15.2. The summed E-state index contributed by atoms with van der Waals surface area (Å²) < 4.78 is 34.0. The van der Waals surface area contributed by atoms with Crippen LogP contribution in [0.25, 0.3) is 0 Å². The quantitative estimate of drug-likeness (QED) is 0.0926. The van der Waals surface area contributed by atoms with Gasteiger partial charge in [0.15, 0.2) is 0 Å². The monoisotopic (exact) mass is 682 g/mol. The summed E-state index contributed by atoms with van der Waals surface area (Å²) >= 11 is 0. The number of nitrogens with zero attached hydrogens (tertiary/aromatic N) is 4. The minimum Gasteiger partial charge on any atom is -0.876 e. The summed E-state index contributed by atoms with van der Waals surface area (Å²) in [4.78, 5) is 16.6. The van der Waals surface area contributed by atoms with Crippen molar-refractivity contribution in [1.82, 2.24) is 0 Å². The maximum atomic E-state index is 10.7. The van der Waals surface area contributed by atoms with Crippen LogP contribution in [0.2, 0.25) is 0 Å². The molecule has 0 amide bonds. The van der Waals surface area contributed by atoms with Crippen LogP contribution in [-0.2, 0) is 33.0 Å². The first kappa shape index (κ1) is 51.7. The number of hydrogen-bond acceptors (Lipinski definition) is 12. The molecule has 12 nitrogen and oxygen atoms in total. The largest absolute Gasteiger partial charge is 2.00 e. The SMILES string of the molecule is CC(/C=C(/C)[O-])=NCCN=C(C)/C=C(/C)[O-].CC(/C=C(/C)[O-])=NCCN=C(C)/C=C(/C)[O-].[Na+].[Ni+2].[Ni+2].[O-][Cl+3]([O-])([O-])[O-]. The van der Waals surface area contributed by atoms with Crippen molar-refractivity contribution in [3.8, 4) is 0 Å². The molecule has 0 saturated carbocycles. The number of allylic oxidation sites excluding steroid dienone is 8. The third kappa shape index (κ3) is 57.0. The van der Waals surface area contributed by atoms with Crippen molar-refractivity contribution < 1.29 is 112 Å². The van der Waals surface area contributed by atoms with Crippen LogP contribution in [0, 0.1) is 10.2 Å². The summed E-state index contributed by atoms with van der Waals surface area (Å²) in [5.41, 5.74) is 2.82. The summed E-state index contributed by atoms with van der Waals surface area (Å²) in [6.07, 6.45) is 5.94. The summed E-state index contributed by atoms with van der Waals surface area (Å²) in [5.74, 6) is -0.0339. The molecule has 0 aromatic heterocycles. The molecule has 228 valence electrons. The third-order valence-electron chi connectivity index (χ3n) is 3.29. The molecule has 0 spiro atoms. The molecule has 0 heterocycles. The average Bonchev–Trinajstić information content (AvgIpc) is 2.65. The predicted octanol–water partition coefficient (Wildman–Crippen LogP) is -6.88. The zero-order chi connectivity index (χ0) is 29.6. The minimum absolute atomic E-state index is 0. The molecule has 0 aliphatic heterocycles. The maximum Gasteiger partial charge on any atom is 2.00 e. The van der Waals surface area contributed by atoms with Crippen molar-refractivity contribution in [2.45, 2.75) is 55.4 Å². The Morgan fingerprint density at radius 3 is 0.675 bits per heavy atom. The van der Waals surface area contributed by atoms with Gasteiger partial charge in [-0.2, -0.15) is 0 Å². The van der Waals surface area contributed by atoms with Crippen LogP contribution >= 0.6 is 0 Å². The molecule has 0 aliphatic carbocycles. The Labute approximate surface area is 281 Å². The maximum absolute atomic E-state index is 10.7. The van der Waals surface area contributed by atoms with E-state index in [9.17, 15) is 20.4 Å². The van der Waals surface area contributed by atoms with E-state index in [0.29, 0.717) is 49.0 Å². The fourth-order valence-electron chi connectivity index (χ4n) is 2.26. The molecule has 0 aromatic carbocycles. The molecule has 0 atom stereocenters. The van der Waals surface area contributed by atoms with Crippen molar-refractivity contribution in [1.29, 1.82) is 0 Å². The van der Waals surface area contributed by atoms with Crippen LogP contribution in [0.5, 0.6) is 0 Å². The fourth-order valence-corrected chi connectivity index (χ4v) is 2.26. The smallest absolute Gasteiger partial charge is 0.876 e. The number of aliphatic imine (C=N–C) groups is 4. The van der Waals surface area contributed by atoms with E-state index in [2.05, 4.69) is 20.0 Å². The molecule has 0 radical (unpaired) electrons. The molecule has 16 heteroatoms. The first-order valence-electron chi connectivity index (χ1n) is 10.9. The number of rotatable bonds is 10. The summed E-state index contributed by atoms with van der Waals surface area (Å²) in [6, 6.07) is 0. The predicted molar refractivity (Wildman–Crippen MR) is 127 cm³/mol. The van der Waals surface area contributed by atoms with Gasteiger partial charge in [-0.05, 0) is 27.7 Å². The van der Waals surface area contributed by atoms with Crippen LogP contribution in [0.1, 0.15) is 55.4 Å². The molecule has 0 rings (SSSR count). The zero-order valence-electron chi connectivity index (χ0n) is 24.2. The molecule has 0 bridgehead atoms.